The molecule has 0 bridgehead atoms. The lowest BCUT2D eigenvalue weighted by Crippen LogP contribution is -2.30. The molecule has 1 saturated heterocycles. The van der Waals surface area contributed by atoms with Gasteiger partial charge in [-0.1, -0.05) is 31.1 Å². The molecule has 0 spiro atoms. The van der Waals surface area contributed by atoms with Gasteiger partial charge < -0.3 is 15.2 Å². The third-order valence-electron chi connectivity index (χ3n) is 4.25. The average Bonchev–Trinajstić information content (AvgIpc) is 3.23. The van der Waals surface area contributed by atoms with Gasteiger partial charge in [-0.25, -0.2) is 0 Å². The minimum Gasteiger partial charge on any atom is -0.338 e. The maximum atomic E-state index is 12.8. The molecular weight excluding hydrogens is 292 g/mol. The Morgan fingerprint density at radius 2 is 2.22 bits per heavy atom. The topological polar surface area (TPSA) is 85.2 Å². The Hall–Kier alpha value is -2.21. The quantitative estimate of drug-likeness (QED) is 0.935. The fourth-order valence-corrected chi connectivity index (χ4v) is 2.81. The third kappa shape index (κ3) is 3.12. The van der Waals surface area contributed by atoms with Gasteiger partial charge in [0.15, 0.2) is 5.82 Å². The van der Waals surface area contributed by atoms with E-state index >= 15 is 0 Å². The van der Waals surface area contributed by atoms with Crippen molar-refractivity contribution < 1.29 is 9.32 Å². The Labute approximate surface area is 135 Å². The summed E-state index contributed by atoms with van der Waals surface area (Å²) in [6, 6.07) is 7.39. The molecule has 122 valence electrons. The standard InChI is InChI=1S/C17H22N4O2/c1-11(2)15-19-16(23-20-15)13-5-3-4-6-14(13)17(22)21-8-7-12(9-18)10-21/h3-6,11-12H,7-10,18H2,1-2H3. The smallest absolute Gasteiger partial charge is 0.258 e. The van der Waals surface area contributed by atoms with Gasteiger partial charge in [0.1, 0.15) is 0 Å². The second-order valence-electron chi connectivity index (χ2n) is 6.30. The van der Waals surface area contributed by atoms with Crippen molar-refractivity contribution in [2.24, 2.45) is 11.7 Å². The van der Waals surface area contributed by atoms with Crippen LogP contribution >= 0.6 is 0 Å². The van der Waals surface area contributed by atoms with Crippen LogP contribution in [0.25, 0.3) is 11.5 Å². The molecule has 6 nitrogen and oxygen atoms in total. The lowest BCUT2D eigenvalue weighted by molar-refractivity contribution is 0.0788. The van der Waals surface area contributed by atoms with Gasteiger partial charge in [0.05, 0.1) is 11.1 Å². The molecule has 2 heterocycles. The van der Waals surface area contributed by atoms with E-state index in [1.54, 1.807) is 0 Å². The molecular formula is C17H22N4O2. The molecule has 2 aromatic rings. The maximum absolute atomic E-state index is 12.8. The monoisotopic (exact) mass is 314 g/mol. The van der Waals surface area contributed by atoms with Gasteiger partial charge in [0, 0.05) is 19.0 Å². The number of rotatable bonds is 4. The van der Waals surface area contributed by atoms with E-state index in [0.29, 0.717) is 41.8 Å². The van der Waals surface area contributed by atoms with Gasteiger partial charge in [-0.2, -0.15) is 4.98 Å². The van der Waals surface area contributed by atoms with Gasteiger partial charge >= 0.3 is 0 Å². The predicted molar refractivity (Wildman–Crippen MR) is 86.9 cm³/mol. The van der Waals surface area contributed by atoms with Crippen LogP contribution in [0.1, 0.15) is 42.4 Å². The first-order chi connectivity index (χ1) is 11.1. The van der Waals surface area contributed by atoms with Crippen LogP contribution in [0.5, 0.6) is 0 Å². The summed E-state index contributed by atoms with van der Waals surface area (Å²) in [7, 11) is 0. The second kappa shape index (κ2) is 6.50. The van der Waals surface area contributed by atoms with Crippen molar-refractivity contribution in [3.8, 4) is 11.5 Å². The fraction of sp³-hybridized carbons (Fsp3) is 0.471. The highest BCUT2D eigenvalue weighted by atomic mass is 16.5. The van der Waals surface area contributed by atoms with Crippen molar-refractivity contribution in [1.29, 1.82) is 0 Å². The number of amides is 1. The van der Waals surface area contributed by atoms with Crippen LogP contribution in [-0.4, -0.2) is 40.6 Å². The Balaban J connectivity index is 1.90. The summed E-state index contributed by atoms with van der Waals surface area (Å²) in [4.78, 5) is 19.1. The van der Waals surface area contributed by atoms with Crippen LogP contribution in [0.15, 0.2) is 28.8 Å². The maximum Gasteiger partial charge on any atom is 0.258 e. The molecule has 0 saturated carbocycles. The van der Waals surface area contributed by atoms with Gasteiger partial charge in [-0.05, 0) is 31.0 Å². The van der Waals surface area contributed by atoms with Crippen molar-refractivity contribution in [2.75, 3.05) is 19.6 Å². The molecule has 1 unspecified atom stereocenters. The van der Waals surface area contributed by atoms with E-state index < -0.39 is 0 Å². The Kier molecular flexibility index (Phi) is 4.43. The van der Waals surface area contributed by atoms with E-state index in [-0.39, 0.29) is 11.8 Å². The fourth-order valence-electron chi connectivity index (χ4n) is 2.81. The van der Waals surface area contributed by atoms with Crippen molar-refractivity contribution in [3.63, 3.8) is 0 Å². The zero-order valence-electron chi connectivity index (χ0n) is 13.5. The Bertz CT molecular complexity index is 695. The van der Waals surface area contributed by atoms with E-state index in [9.17, 15) is 4.79 Å². The summed E-state index contributed by atoms with van der Waals surface area (Å²) >= 11 is 0. The number of aromatic nitrogens is 2. The number of nitrogens with zero attached hydrogens (tertiary/aromatic N) is 3. The number of nitrogens with two attached hydrogens (primary N) is 1. The number of hydrogen-bond donors (Lipinski definition) is 1. The van der Waals surface area contributed by atoms with Crippen molar-refractivity contribution in [3.05, 3.63) is 35.7 Å². The first-order valence-electron chi connectivity index (χ1n) is 8.02. The van der Waals surface area contributed by atoms with Gasteiger partial charge in [0.25, 0.3) is 11.8 Å². The normalized spacial score (nSPS) is 17.9. The largest absolute Gasteiger partial charge is 0.338 e. The molecule has 23 heavy (non-hydrogen) atoms. The zero-order chi connectivity index (χ0) is 16.4. The lowest BCUT2D eigenvalue weighted by atomic mass is 10.1. The molecule has 2 N–H and O–H groups in total. The van der Waals surface area contributed by atoms with E-state index in [1.807, 2.05) is 43.0 Å². The summed E-state index contributed by atoms with van der Waals surface area (Å²) in [5.74, 6) is 1.61. The molecule has 1 aliphatic rings. The van der Waals surface area contributed by atoms with Crippen molar-refractivity contribution >= 4 is 5.91 Å². The van der Waals surface area contributed by atoms with Crippen LogP contribution < -0.4 is 5.73 Å². The molecule has 3 rings (SSSR count). The van der Waals surface area contributed by atoms with Crippen LogP contribution in [0.4, 0.5) is 0 Å². The minimum atomic E-state index is 0.000784. The molecule has 1 aromatic carbocycles. The molecule has 1 atom stereocenters. The Morgan fingerprint density at radius 1 is 1.43 bits per heavy atom. The van der Waals surface area contributed by atoms with Gasteiger partial charge in [-0.3, -0.25) is 4.79 Å². The van der Waals surface area contributed by atoms with E-state index in [2.05, 4.69) is 10.1 Å². The number of hydrogen-bond acceptors (Lipinski definition) is 5. The summed E-state index contributed by atoms with van der Waals surface area (Å²) in [6.45, 7) is 6.08. The minimum absolute atomic E-state index is 0.000784. The summed E-state index contributed by atoms with van der Waals surface area (Å²) in [6.07, 6.45) is 0.961. The number of likely N-dealkylation sites (tertiary alicyclic amines) is 1. The molecule has 1 amide bonds. The highest BCUT2D eigenvalue weighted by molar-refractivity contribution is 6.00. The average molecular weight is 314 g/mol. The van der Waals surface area contributed by atoms with Crippen molar-refractivity contribution in [1.82, 2.24) is 15.0 Å². The van der Waals surface area contributed by atoms with Crippen LogP contribution in [0.2, 0.25) is 0 Å². The molecule has 1 aliphatic heterocycles. The first-order valence-corrected chi connectivity index (χ1v) is 8.02. The predicted octanol–water partition coefficient (Wildman–Crippen LogP) is 2.28. The highest BCUT2D eigenvalue weighted by Gasteiger charge is 2.28. The molecule has 0 radical (unpaired) electrons. The number of benzene rings is 1. The number of carbonyl (C=O) groups excluding carboxylic acids is 1. The summed E-state index contributed by atoms with van der Waals surface area (Å²) in [5.41, 5.74) is 7.00. The summed E-state index contributed by atoms with van der Waals surface area (Å²) < 4.78 is 5.36. The SMILES string of the molecule is CC(C)c1noc(-c2ccccc2C(=O)N2CCC(CN)C2)n1. The van der Waals surface area contributed by atoms with Gasteiger partial charge in [-0.15, -0.1) is 0 Å². The molecule has 6 heteroatoms. The lowest BCUT2D eigenvalue weighted by Gasteiger charge is -2.17. The second-order valence-corrected chi connectivity index (χ2v) is 6.30. The first kappa shape index (κ1) is 15.7. The van der Waals surface area contributed by atoms with E-state index in [1.165, 1.54) is 0 Å². The summed E-state index contributed by atoms with van der Waals surface area (Å²) in [5, 5.41) is 3.99. The highest BCUT2D eigenvalue weighted by Crippen LogP contribution is 2.26. The van der Waals surface area contributed by atoms with E-state index in [4.69, 9.17) is 10.3 Å². The number of carbonyl (C=O) groups is 1. The zero-order valence-corrected chi connectivity index (χ0v) is 13.5. The molecule has 1 aromatic heterocycles. The van der Waals surface area contributed by atoms with E-state index in [0.717, 1.165) is 13.0 Å². The molecule has 0 aliphatic carbocycles. The van der Waals surface area contributed by atoms with Crippen LogP contribution in [0, 0.1) is 5.92 Å². The van der Waals surface area contributed by atoms with Crippen LogP contribution in [0.3, 0.4) is 0 Å². The third-order valence-corrected chi connectivity index (χ3v) is 4.25. The molecule has 1 fully saturated rings. The van der Waals surface area contributed by atoms with Crippen LogP contribution in [-0.2, 0) is 0 Å². The van der Waals surface area contributed by atoms with Gasteiger partial charge in [0.2, 0.25) is 0 Å². The Morgan fingerprint density at radius 3 is 2.87 bits per heavy atom. The van der Waals surface area contributed by atoms with Crippen molar-refractivity contribution in [2.45, 2.75) is 26.2 Å².